The third kappa shape index (κ3) is 4.41. The van der Waals surface area contributed by atoms with Crippen molar-refractivity contribution in [2.75, 3.05) is 0 Å². The van der Waals surface area contributed by atoms with Gasteiger partial charge in [0.2, 0.25) is 0 Å². The van der Waals surface area contributed by atoms with Crippen LogP contribution in [0.25, 0.3) is 110 Å². The Morgan fingerprint density at radius 3 is 1.87 bits per heavy atom. The van der Waals surface area contributed by atoms with E-state index in [0.717, 1.165) is 76.9 Å². The van der Waals surface area contributed by atoms with Crippen LogP contribution < -0.4 is 0 Å². The molecule has 0 unspecified atom stereocenters. The minimum Gasteiger partial charge on any atom is -0.254 e. The van der Waals surface area contributed by atoms with Crippen molar-refractivity contribution in [2.45, 2.75) is 0 Å². The maximum atomic E-state index is 5.30. The van der Waals surface area contributed by atoms with Gasteiger partial charge in [0.1, 0.15) is 0 Å². The number of nitrogens with zero attached hydrogens (tertiary/aromatic N) is 4. The molecule has 4 heterocycles. The van der Waals surface area contributed by atoms with E-state index in [9.17, 15) is 0 Å². The molecule has 240 valence electrons. The lowest BCUT2D eigenvalue weighted by atomic mass is 9.93. The van der Waals surface area contributed by atoms with E-state index in [4.69, 9.17) is 15.0 Å². The third-order valence-corrected chi connectivity index (χ3v) is 10.5. The lowest BCUT2D eigenvalue weighted by molar-refractivity contribution is 1.37. The lowest BCUT2D eigenvalue weighted by Crippen LogP contribution is -1.93. The summed E-state index contributed by atoms with van der Waals surface area (Å²) in [7, 11) is 0. The Labute approximate surface area is 298 Å². The van der Waals surface area contributed by atoms with Crippen LogP contribution in [-0.4, -0.2) is 19.9 Å². The molecule has 0 saturated heterocycles. The lowest BCUT2D eigenvalue weighted by Gasteiger charge is -2.14. The predicted octanol–water partition coefficient (Wildman–Crippen LogP) is 12.3. The van der Waals surface area contributed by atoms with Crippen molar-refractivity contribution in [1.29, 1.82) is 0 Å². The molecule has 4 heteroatoms. The summed E-state index contributed by atoms with van der Waals surface area (Å²) in [6, 6.07) is 56.1. The van der Waals surface area contributed by atoms with Gasteiger partial charge in [0.05, 0.1) is 33.3 Å². The van der Waals surface area contributed by atoms with Crippen LogP contribution in [0.1, 0.15) is 0 Å². The first-order valence-electron chi connectivity index (χ1n) is 17.5. The average Bonchev–Trinajstić information content (AvgIpc) is 3.22. The van der Waals surface area contributed by atoms with Crippen molar-refractivity contribution in [1.82, 2.24) is 19.9 Å². The van der Waals surface area contributed by atoms with Gasteiger partial charge >= 0.3 is 0 Å². The summed E-state index contributed by atoms with van der Waals surface area (Å²) < 4.78 is 0. The minimum absolute atomic E-state index is 0.913. The smallest absolute Gasteiger partial charge is 0.0978 e. The third-order valence-electron chi connectivity index (χ3n) is 10.5. The Kier molecular flexibility index (Phi) is 6.22. The molecule has 0 N–H and O–H groups in total. The second-order valence-electron chi connectivity index (χ2n) is 13.4. The topological polar surface area (TPSA) is 51.6 Å². The molecule has 11 rings (SSSR count). The van der Waals surface area contributed by atoms with E-state index in [1.807, 2.05) is 24.5 Å². The van der Waals surface area contributed by atoms with E-state index in [1.165, 1.54) is 32.7 Å². The van der Waals surface area contributed by atoms with Gasteiger partial charge in [-0.05, 0) is 80.7 Å². The first kappa shape index (κ1) is 28.8. The normalized spacial score (nSPS) is 11.8. The fourth-order valence-corrected chi connectivity index (χ4v) is 8.03. The molecule has 0 aliphatic heterocycles. The summed E-state index contributed by atoms with van der Waals surface area (Å²) >= 11 is 0. The summed E-state index contributed by atoms with van der Waals surface area (Å²) in [5.74, 6) is 0. The van der Waals surface area contributed by atoms with Crippen LogP contribution in [0.4, 0.5) is 0 Å². The van der Waals surface area contributed by atoms with Crippen molar-refractivity contribution in [3.8, 4) is 33.5 Å². The van der Waals surface area contributed by atoms with Crippen molar-refractivity contribution in [2.24, 2.45) is 0 Å². The zero-order valence-corrected chi connectivity index (χ0v) is 28.0. The van der Waals surface area contributed by atoms with Gasteiger partial charge < -0.3 is 0 Å². The molecule has 52 heavy (non-hydrogen) atoms. The second kappa shape index (κ2) is 11.2. The largest absolute Gasteiger partial charge is 0.254 e. The van der Waals surface area contributed by atoms with E-state index in [-0.39, 0.29) is 0 Å². The van der Waals surface area contributed by atoms with E-state index in [1.54, 1.807) is 0 Å². The maximum Gasteiger partial charge on any atom is 0.0978 e. The molecule has 0 aliphatic carbocycles. The second-order valence-corrected chi connectivity index (χ2v) is 13.4. The van der Waals surface area contributed by atoms with Crippen molar-refractivity contribution in [3.05, 3.63) is 170 Å². The van der Waals surface area contributed by atoms with Crippen LogP contribution in [0.3, 0.4) is 0 Å². The Bertz CT molecular complexity index is 3240. The molecular formula is C48H28N4. The quantitative estimate of drug-likeness (QED) is 0.140. The van der Waals surface area contributed by atoms with Gasteiger partial charge in [0.25, 0.3) is 0 Å². The van der Waals surface area contributed by atoms with Crippen LogP contribution in [0.15, 0.2) is 170 Å². The van der Waals surface area contributed by atoms with Crippen molar-refractivity contribution >= 4 is 76.1 Å². The van der Waals surface area contributed by atoms with Crippen LogP contribution in [0.5, 0.6) is 0 Å². The van der Waals surface area contributed by atoms with Crippen LogP contribution in [-0.2, 0) is 0 Å². The molecule has 4 aromatic heterocycles. The number of aromatic nitrogens is 4. The summed E-state index contributed by atoms with van der Waals surface area (Å²) in [4.78, 5) is 19.9. The number of rotatable bonds is 3. The molecule has 4 nitrogen and oxygen atoms in total. The first-order chi connectivity index (χ1) is 25.8. The summed E-state index contributed by atoms with van der Waals surface area (Å²) in [6.45, 7) is 0. The molecule has 11 aromatic rings. The Morgan fingerprint density at radius 1 is 0.327 bits per heavy atom. The summed E-state index contributed by atoms with van der Waals surface area (Å²) in [5.41, 5.74) is 11.4. The van der Waals surface area contributed by atoms with Gasteiger partial charge in [0, 0.05) is 50.5 Å². The SMILES string of the molecule is c1ccc(-c2c3ccccc3nc3c2ccc2ccc(-c4ccc5c(ccc6cc(-c7cc8cccnc8c8ncccc78)ccc65)c4)nc23)cc1. The highest BCUT2D eigenvalue weighted by molar-refractivity contribution is 6.17. The monoisotopic (exact) mass is 660 g/mol. The van der Waals surface area contributed by atoms with Crippen molar-refractivity contribution < 1.29 is 0 Å². The van der Waals surface area contributed by atoms with Crippen LogP contribution in [0, 0.1) is 0 Å². The standard InChI is InChI=1S/C48H28N4/c1-2-8-29(9-3-1)44-39-11-4-5-13-43(39)52-48-40(44)22-16-30-19-23-42(51-46(30)48)34-18-21-37-32(27-34)15-14-31-26-33(17-20-36(31)37)41-28-35-10-6-24-49-45(35)47-38(41)12-7-25-50-47/h1-28H. The van der Waals surface area contributed by atoms with Gasteiger partial charge in [-0.2, -0.15) is 0 Å². The molecule has 0 radical (unpaired) electrons. The molecule has 7 aromatic carbocycles. The van der Waals surface area contributed by atoms with Crippen LogP contribution in [0.2, 0.25) is 0 Å². The highest BCUT2D eigenvalue weighted by Gasteiger charge is 2.16. The van der Waals surface area contributed by atoms with Gasteiger partial charge in [-0.15, -0.1) is 0 Å². The number of para-hydroxylation sites is 1. The van der Waals surface area contributed by atoms with Crippen LogP contribution >= 0.6 is 0 Å². The highest BCUT2D eigenvalue weighted by atomic mass is 14.8. The van der Waals surface area contributed by atoms with Crippen molar-refractivity contribution in [3.63, 3.8) is 0 Å². The Hall–Kier alpha value is -7.04. The minimum atomic E-state index is 0.913. The molecular weight excluding hydrogens is 633 g/mol. The van der Waals surface area contributed by atoms with Gasteiger partial charge in [-0.1, -0.05) is 115 Å². The van der Waals surface area contributed by atoms with Gasteiger partial charge in [-0.3, -0.25) is 9.97 Å². The fourth-order valence-electron chi connectivity index (χ4n) is 8.03. The molecule has 0 amide bonds. The van der Waals surface area contributed by atoms with Gasteiger partial charge in [-0.25, -0.2) is 9.97 Å². The van der Waals surface area contributed by atoms with E-state index >= 15 is 0 Å². The van der Waals surface area contributed by atoms with E-state index in [0.29, 0.717) is 0 Å². The maximum absolute atomic E-state index is 5.30. The molecule has 0 atom stereocenters. The van der Waals surface area contributed by atoms with E-state index in [2.05, 4.69) is 151 Å². The molecule has 0 saturated carbocycles. The number of hydrogen-bond donors (Lipinski definition) is 0. The molecule has 0 bridgehead atoms. The zero-order valence-electron chi connectivity index (χ0n) is 28.0. The fraction of sp³-hybridized carbons (Fsp3) is 0. The molecule has 0 aliphatic rings. The number of benzene rings is 7. The summed E-state index contributed by atoms with van der Waals surface area (Å²) in [6.07, 6.45) is 3.68. The number of pyridine rings is 4. The molecule has 0 fully saturated rings. The number of hydrogen-bond acceptors (Lipinski definition) is 4. The highest BCUT2D eigenvalue weighted by Crippen LogP contribution is 2.39. The Balaban J connectivity index is 1.04. The van der Waals surface area contributed by atoms with E-state index < -0.39 is 0 Å². The molecule has 0 spiro atoms. The van der Waals surface area contributed by atoms with Gasteiger partial charge in [0.15, 0.2) is 0 Å². The number of fused-ring (bicyclic) bond motifs is 10. The Morgan fingerprint density at radius 2 is 1.00 bits per heavy atom. The zero-order chi connectivity index (χ0) is 34.2. The summed E-state index contributed by atoms with van der Waals surface area (Å²) in [5, 5.41) is 10.3. The predicted molar refractivity (Wildman–Crippen MR) is 216 cm³/mol. The average molecular weight is 661 g/mol. The first-order valence-corrected chi connectivity index (χ1v) is 17.5.